The van der Waals surface area contributed by atoms with Gasteiger partial charge in [0.25, 0.3) is 0 Å². The van der Waals surface area contributed by atoms with Gasteiger partial charge in [0.1, 0.15) is 0 Å². The van der Waals surface area contributed by atoms with Gasteiger partial charge < -0.3 is 14.4 Å². The number of nitrogens with zero attached hydrogens (tertiary/aromatic N) is 1. The summed E-state index contributed by atoms with van der Waals surface area (Å²) in [5.41, 5.74) is 0.123. The van der Waals surface area contributed by atoms with Gasteiger partial charge in [-0.15, -0.1) is 0 Å². The first-order chi connectivity index (χ1) is 9.63. The van der Waals surface area contributed by atoms with Crippen molar-refractivity contribution in [3.8, 4) is 0 Å². The van der Waals surface area contributed by atoms with Crippen molar-refractivity contribution < 1.29 is 14.3 Å². The van der Waals surface area contributed by atoms with Crippen molar-refractivity contribution in [2.24, 2.45) is 11.3 Å². The van der Waals surface area contributed by atoms with E-state index in [1.807, 2.05) is 11.8 Å². The van der Waals surface area contributed by atoms with E-state index in [-0.39, 0.29) is 11.3 Å². The predicted octanol–water partition coefficient (Wildman–Crippen LogP) is 2.24. The number of likely N-dealkylation sites (tertiary alicyclic amines) is 1. The van der Waals surface area contributed by atoms with Crippen molar-refractivity contribution in [2.75, 3.05) is 39.5 Å². The fourth-order valence-corrected chi connectivity index (χ4v) is 2.84. The van der Waals surface area contributed by atoms with E-state index in [2.05, 4.69) is 13.0 Å². The first kappa shape index (κ1) is 15.5. The summed E-state index contributed by atoms with van der Waals surface area (Å²) in [6, 6.07) is 0. The van der Waals surface area contributed by atoms with Crippen molar-refractivity contribution in [3.05, 3.63) is 12.2 Å². The molecule has 4 heteroatoms. The maximum atomic E-state index is 12.2. The molecular formula is C16H27NO3. The van der Waals surface area contributed by atoms with Gasteiger partial charge in [0, 0.05) is 38.8 Å². The molecule has 0 aromatic rings. The lowest BCUT2D eigenvalue weighted by molar-refractivity contribution is -0.125. The Hall–Kier alpha value is -0.870. The zero-order valence-electron chi connectivity index (χ0n) is 12.8. The molecule has 1 unspecified atom stereocenters. The van der Waals surface area contributed by atoms with Crippen LogP contribution in [0.5, 0.6) is 0 Å². The molecule has 1 amide bonds. The average molecular weight is 281 g/mol. The lowest BCUT2D eigenvalue weighted by Gasteiger charge is -2.30. The van der Waals surface area contributed by atoms with Gasteiger partial charge in [-0.1, -0.05) is 13.0 Å². The molecule has 114 valence electrons. The Bertz CT molecular complexity index is 348. The molecule has 0 N–H and O–H groups in total. The van der Waals surface area contributed by atoms with Crippen LogP contribution in [0.25, 0.3) is 0 Å². The van der Waals surface area contributed by atoms with Crippen LogP contribution in [-0.4, -0.2) is 50.3 Å². The molecule has 1 atom stereocenters. The zero-order valence-corrected chi connectivity index (χ0v) is 12.8. The van der Waals surface area contributed by atoms with E-state index in [1.54, 1.807) is 6.08 Å². The lowest BCUT2D eigenvalue weighted by Crippen LogP contribution is -2.29. The summed E-state index contributed by atoms with van der Waals surface area (Å²) in [6.07, 6.45) is 6.93. The second-order valence-electron chi connectivity index (χ2n) is 6.20. The number of carbonyl (C=O) groups excluding carboxylic acids is 1. The van der Waals surface area contributed by atoms with Crippen molar-refractivity contribution in [3.63, 3.8) is 0 Å². The molecule has 2 aliphatic rings. The van der Waals surface area contributed by atoms with Crippen molar-refractivity contribution in [2.45, 2.75) is 33.1 Å². The Morgan fingerprint density at radius 2 is 2.20 bits per heavy atom. The summed E-state index contributed by atoms with van der Waals surface area (Å²) in [6.45, 7) is 9.05. The Morgan fingerprint density at radius 3 is 2.90 bits per heavy atom. The number of hydrogen-bond acceptors (Lipinski definition) is 3. The molecule has 0 aromatic carbocycles. The van der Waals surface area contributed by atoms with Crippen LogP contribution >= 0.6 is 0 Å². The van der Waals surface area contributed by atoms with Crippen LogP contribution in [0.4, 0.5) is 0 Å². The standard InChI is InChI=1S/C16H27NO3/c1-3-19-13-14-5-9-17(12-14)15(18)4-6-16(2)7-10-20-11-8-16/h4,6,14H,3,5,7-13H2,1-2H3/b6-4+. The van der Waals surface area contributed by atoms with Crippen LogP contribution < -0.4 is 0 Å². The predicted molar refractivity (Wildman–Crippen MR) is 78.5 cm³/mol. The molecule has 2 saturated heterocycles. The third kappa shape index (κ3) is 4.32. The summed E-state index contributed by atoms with van der Waals surface area (Å²) in [5, 5.41) is 0. The quantitative estimate of drug-likeness (QED) is 0.726. The third-order valence-corrected chi connectivity index (χ3v) is 4.42. The maximum Gasteiger partial charge on any atom is 0.246 e. The molecular weight excluding hydrogens is 254 g/mol. The zero-order chi connectivity index (χ0) is 14.4. The van der Waals surface area contributed by atoms with E-state index in [0.717, 1.165) is 58.8 Å². The van der Waals surface area contributed by atoms with Crippen LogP contribution in [0, 0.1) is 11.3 Å². The molecule has 20 heavy (non-hydrogen) atoms. The van der Waals surface area contributed by atoms with E-state index in [0.29, 0.717) is 5.92 Å². The Morgan fingerprint density at radius 1 is 1.45 bits per heavy atom. The third-order valence-electron chi connectivity index (χ3n) is 4.42. The van der Waals surface area contributed by atoms with E-state index in [9.17, 15) is 4.79 Å². The number of allylic oxidation sites excluding steroid dienone is 1. The second-order valence-corrected chi connectivity index (χ2v) is 6.20. The van der Waals surface area contributed by atoms with E-state index < -0.39 is 0 Å². The molecule has 4 nitrogen and oxygen atoms in total. The van der Waals surface area contributed by atoms with Gasteiger partial charge >= 0.3 is 0 Å². The number of carbonyl (C=O) groups is 1. The number of rotatable bonds is 5. The SMILES string of the molecule is CCOCC1CCN(C(=O)/C=C/C2(C)CCOCC2)C1. The Balaban J connectivity index is 1.80. The summed E-state index contributed by atoms with van der Waals surface area (Å²) in [5.74, 6) is 0.655. The van der Waals surface area contributed by atoms with Crippen LogP contribution in [0.15, 0.2) is 12.2 Å². The second kappa shape index (κ2) is 7.23. The van der Waals surface area contributed by atoms with Gasteiger partial charge in [-0.05, 0) is 37.7 Å². The minimum atomic E-state index is 0.123. The summed E-state index contributed by atoms with van der Waals surface area (Å²) in [7, 11) is 0. The van der Waals surface area contributed by atoms with Gasteiger partial charge in [-0.3, -0.25) is 4.79 Å². The summed E-state index contributed by atoms with van der Waals surface area (Å²) >= 11 is 0. The minimum absolute atomic E-state index is 0.123. The molecule has 0 radical (unpaired) electrons. The highest BCUT2D eigenvalue weighted by molar-refractivity contribution is 5.87. The van der Waals surface area contributed by atoms with Crippen LogP contribution in [-0.2, 0) is 14.3 Å². The summed E-state index contributed by atoms with van der Waals surface area (Å²) < 4.78 is 10.8. The molecule has 2 aliphatic heterocycles. The Labute approximate surface area is 122 Å². The largest absolute Gasteiger partial charge is 0.381 e. The van der Waals surface area contributed by atoms with Gasteiger partial charge in [-0.25, -0.2) is 0 Å². The number of amides is 1. The van der Waals surface area contributed by atoms with E-state index >= 15 is 0 Å². The fraction of sp³-hybridized carbons (Fsp3) is 0.812. The molecule has 2 heterocycles. The maximum absolute atomic E-state index is 12.2. The van der Waals surface area contributed by atoms with Gasteiger partial charge in [-0.2, -0.15) is 0 Å². The highest BCUT2D eigenvalue weighted by Crippen LogP contribution is 2.31. The van der Waals surface area contributed by atoms with Gasteiger partial charge in [0.05, 0.1) is 6.61 Å². The minimum Gasteiger partial charge on any atom is -0.381 e. The molecule has 2 fully saturated rings. The lowest BCUT2D eigenvalue weighted by atomic mass is 9.82. The monoisotopic (exact) mass is 281 g/mol. The van der Waals surface area contributed by atoms with Crippen molar-refractivity contribution in [1.82, 2.24) is 4.90 Å². The first-order valence-electron chi connectivity index (χ1n) is 7.76. The normalized spacial score (nSPS) is 26.3. The van der Waals surface area contributed by atoms with Crippen LogP contribution in [0.3, 0.4) is 0 Å². The summed E-state index contributed by atoms with van der Waals surface area (Å²) in [4.78, 5) is 14.2. The average Bonchev–Trinajstić information content (AvgIpc) is 2.92. The molecule has 0 saturated carbocycles. The van der Waals surface area contributed by atoms with Crippen LogP contribution in [0.1, 0.15) is 33.1 Å². The van der Waals surface area contributed by atoms with Gasteiger partial charge in [0.2, 0.25) is 5.91 Å². The number of ether oxygens (including phenoxy) is 2. The highest BCUT2D eigenvalue weighted by Gasteiger charge is 2.27. The van der Waals surface area contributed by atoms with E-state index in [1.165, 1.54) is 0 Å². The van der Waals surface area contributed by atoms with Crippen molar-refractivity contribution in [1.29, 1.82) is 0 Å². The first-order valence-corrected chi connectivity index (χ1v) is 7.76. The fourth-order valence-electron chi connectivity index (χ4n) is 2.84. The molecule has 2 rings (SSSR count). The molecule has 0 aromatic heterocycles. The molecule has 0 bridgehead atoms. The number of hydrogen-bond donors (Lipinski definition) is 0. The van der Waals surface area contributed by atoms with Crippen molar-refractivity contribution >= 4 is 5.91 Å². The smallest absolute Gasteiger partial charge is 0.246 e. The topological polar surface area (TPSA) is 38.8 Å². The molecule has 0 spiro atoms. The van der Waals surface area contributed by atoms with Gasteiger partial charge in [0.15, 0.2) is 0 Å². The van der Waals surface area contributed by atoms with E-state index in [4.69, 9.17) is 9.47 Å². The molecule has 0 aliphatic carbocycles. The highest BCUT2D eigenvalue weighted by atomic mass is 16.5. The Kier molecular flexibility index (Phi) is 5.61. The van der Waals surface area contributed by atoms with Crippen LogP contribution in [0.2, 0.25) is 0 Å².